The molecule has 0 spiro atoms. The molecule has 2 aromatic rings. The molecule has 2 rings (SSSR count). The van der Waals surface area contributed by atoms with Crippen LogP contribution in [0, 0.1) is 0 Å². The molecule has 0 saturated carbocycles. The van der Waals surface area contributed by atoms with E-state index in [1.807, 2.05) is 11.4 Å². The van der Waals surface area contributed by atoms with Crippen LogP contribution < -0.4 is 10.6 Å². The van der Waals surface area contributed by atoms with Crippen molar-refractivity contribution in [1.82, 2.24) is 0 Å². The molecule has 1 heterocycles. The summed E-state index contributed by atoms with van der Waals surface area (Å²) in [4.78, 5) is 24.4. The maximum absolute atomic E-state index is 12.2. The van der Waals surface area contributed by atoms with Gasteiger partial charge >= 0.3 is 0 Å². The summed E-state index contributed by atoms with van der Waals surface area (Å²) >= 11 is 1.61. The van der Waals surface area contributed by atoms with E-state index in [4.69, 9.17) is 0 Å². The highest BCUT2D eigenvalue weighted by molar-refractivity contribution is 7.10. The van der Waals surface area contributed by atoms with Crippen molar-refractivity contribution in [3.63, 3.8) is 0 Å². The number of carbonyl (C=O) groups is 2. The number of amides is 2. The predicted molar refractivity (Wildman–Crippen MR) is 87.0 cm³/mol. The van der Waals surface area contributed by atoms with Gasteiger partial charge in [0.2, 0.25) is 5.91 Å². The van der Waals surface area contributed by atoms with Crippen LogP contribution in [0.2, 0.25) is 0 Å². The lowest BCUT2D eigenvalue weighted by molar-refractivity contribution is -0.114. The fraction of sp³-hybridized carbons (Fsp3) is 0.250. The van der Waals surface area contributed by atoms with Gasteiger partial charge in [-0.1, -0.05) is 19.4 Å². The maximum Gasteiger partial charge on any atom is 0.256 e. The van der Waals surface area contributed by atoms with Gasteiger partial charge in [-0.05, 0) is 30.7 Å². The van der Waals surface area contributed by atoms with Crippen molar-refractivity contribution >= 4 is 34.5 Å². The maximum atomic E-state index is 12.2. The molecule has 2 N–H and O–H groups in total. The third-order valence-electron chi connectivity index (χ3n) is 2.85. The van der Waals surface area contributed by atoms with E-state index in [-0.39, 0.29) is 11.8 Å². The second-order valence-electron chi connectivity index (χ2n) is 4.77. The Hall–Kier alpha value is -2.14. The fourth-order valence-electron chi connectivity index (χ4n) is 1.96. The van der Waals surface area contributed by atoms with Gasteiger partial charge in [-0.15, -0.1) is 11.3 Å². The minimum Gasteiger partial charge on any atom is -0.326 e. The molecular weight excluding hydrogens is 284 g/mol. The van der Waals surface area contributed by atoms with E-state index in [1.165, 1.54) is 11.8 Å². The Morgan fingerprint density at radius 3 is 2.52 bits per heavy atom. The summed E-state index contributed by atoms with van der Waals surface area (Å²) in [7, 11) is 0. The lowest BCUT2D eigenvalue weighted by Crippen LogP contribution is -2.11. The largest absolute Gasteiger partial charge is 0.326 e. The molecule has 0 aliphatic rings. The van der Waals surface area contributed by atoms with Crippen LogP contribution in [0.1, 0.15) is 35.5 Å². The quantitative estimate of drug-likeness (QED) is 0.879. The van der Waals surface area contributed by atoms with Crippen molar-refractivity contribution in [1.29, 1.82) is 0 Å². The zero-order valence-corrected chi connectivity index (χ0v) is 12.9. The average Bonchev–Trinajstić information content (AvgIpc) is 2.87. The van der Waals surface area contributed by atoms with E-state index in [0.717, 1.165) is 12.8 Å². The minimum atomic E-state index is -0.138. The van der Waals surface area contributed by atoms with E-state index >= 15 is 0 Å². The number of hydrogen-bond acceptors (Lipinski definition) is 3. The zero-order valence-electron chi connectivity index (χ0n) is 12.1. The Kier molecular flexibility index (Phi) is 5.11. The van der Waals surface area contributed by atoms with Crippen LogP contribution in [-0.2, 0) is 11.2 Å². The van der Waals surface area contributed by atoms with Gasteiger partial charge in [0, 0.05) is 28.6 Å². The molecule has 21 heavy (non-hydrogen) atoms. The Morgan fingerprint density at radius 2 is 1.86 bits per heavy atom. The standard InChI is InChI=1S/C16H18N2O2S/c1-3-5-15-8-12(10-21-15)16(20)18-14-7-4-6-13(9-14)17-11(2)19/h4,6-10H,3,5H2,1-2H3,(H,17,19)(H,18,20). The summed E-state index contributed by atoms with van der Waals surface area (Å²) in [5.74, 6) is -0.269. The van der Waals surface area contributed by atoms with Crippen LogP contribution in [0.15, 0.2) is 35.7 Å². The Balaban J connectivity index is 2.06. The van der Waals surface area contributed by atoms with Crippen molar-refractivity contribution in [3.8, 4) is 0 Å². The zero-order chi connectivity index (χ0) is 15.2. The highest BCUT2D eigenvalue weighted by atomic mass is 32.1. The van der Waals surface area contributed by atoms with Crippen LogP contribution in [-0.4, -0.2) is 11.8 Å². The molecule has 5 heteroatoms. The highest BCUT2D eigenvalue weighted by Crippen LogP contribution is 2.19. The first-order valence-electron chi connectivity index (χ1n) is 6.85. The summed E-state index contributed by atoms with van der Waals surface area (Å²) in [5, 5.41) is 7.41. The van der Waals surface area contributed by atoms with Crippen LogP contribution >= 0.6 is 11.3 Å². The Bertz CT molecular complexity index is 649. The van der Waals surface area contributed by atoms with Crippen molar-refractivity contribution < 1.29 is 9.59 Å². The van der Waals surface area contributed by atoms with E-state index in [1.54, 1.807) is 35.6 Å². The van der Waals surface area contributed by atoms with E-state index < -0.39 is 0 Å². The molecule has 0 fully saturated rings. The first-order valence-corrected chi connectivity index (χ1v) is 7.73. The van der Waals surface area contributed by atoms with Crippen molar-refractivity contribution in [2.45, 2.75) is 26.7 Å². The third kappa shape index (κ3) is 4.43. The Labute approximate surface area is 128 Å². The second kappa shape index (κ2) is 7.04. The molecule has 0 aliphatic carbocycles. The molecule has 0 atom stereocenters. The summed E-state index contributed by atoms with van der Waals surface area (Å²) in [5.41, 5.74) is 2.00. The van der Waals surface area contributed by atoms with Gasteiger partial charge in [-0.25, -0.2) is 0 Å². The lowest BCUT2D eigenvalue weighted by atomic mass is 10.2. The minimum absolute atomic E-state index is 0.131. The lowest BCUT2D eigenvalue weighted by Gasteiger charge is -2.07. The predicted octanol–water partition coefficient (Wildman–Crippen LogP) is 3.91. The number of aryl methyl sites for hydroxylation is 1. The van der Waals surface area contributed by atoms with E-state index in [2.05, 4.69) is 17.6 Å². The summed E-state index contributed by atoms with van der Waals surface area (Å²) in [6.45, 7) is 3.57. The summed E-state index contributed by atoms with van der Waals surface area (Å²) < 4.78 is 0. The molecular formula is C16H18N2O2S. The van der Waals surface area contributed by atoms with Gasteiger partial charge < -0.3 is 10.6 Å². The molecule has 2 amide bonds. The number of rotatable bonds is 5. The molecule has 110 valence electrons. The molecule has 1 aromatic carbocycles. The summed E-state index contributed by atoms with van der Waals surface area (Å²) in [6.07, 6.45) is 2.07. The van der Waals surface area contributed by atoms with Crippen LogP contribution in [0.25, 0.3) is 0 Å². The first-order chi connectivity index (χ1) is 10.1. The smallest absolute Gasteiger partial charge is 0.256 e. The van der Waals surface area contributed by atoms with Crippen molar-refractivity contribution in [2.24, 2.45) is 0 Å². The van der Waals surface area contributed by atoms with Crippen LogP contribution in [0.4, 0.5) is 11.4 Å². The molecule has 0 bridgehead atoms. The van der Waals surface area contributed by atoms with Gasteiger partial charge in [0.15, 0.2) is 0 Å². The second-order valence-corrected chi connectivity index (χ2v) is 5.76. The third-order valence-corrected chi connectivity index (χ3v) is 3.85. The average molecular weight is 302 g/mol. The van der Waals surface area contributed by atoms with Gasteiger partial charge in [-0.2, -0.15) is 0 Å². The van der Waals surface area contributed by atoms with Gasteiger partial charge in [0.1, 0.15) is 0 Å². The number of nitrogens with one attached hydrogen (secondary N) is 2. The van der Waals surface area contributed by atoms with Crippen LogP contribution in [0.5, 0.6) is 0 Å². The topological polar surface area (TPSA) is 58.2 Å². The fourth-order valence-corrected chi connectivity index (χ4v) is 2.93. The summed E-state index contributed by atoms with van der Waals surface area (Å²) in [6, 6.07) is 9.03. The van der Waals surface area contributed by atoms with Crippen molar-refractivity contribution in [3.05, 3.63) is 46.2 Å². The Morgan fingerprint density at radius 1 is 1.14 bits per heavy atom. The van der Waals surface area contributed by atoms with Gasteiger partial charge in [-0.3, -0.25) is 9.59 Å². The monoisotopic (exact) mass is 302 g/mol. The molecule has 0 saturated heterocycles. The number of thiophene rings is 1. The van der Waals surface area contributed by atoms with Gasteiger partial charge in [0.25, 0.3) is 5.91 Å². The molecule has 4 nitrogen and oxygen atoms in total. The SMILES string of the molecule is CCCc1cc(C(=O)Nc2cccc(NC(C)=O)c2)cs1. The molecule has 0 aliphatic heterocycles. The van der Waals surface area contributed by atoms with Gasteiger partial charge in [0.05, 0.1) is 5.56 Å². The molecule has 0 unspecified atom stereocenters. The normalized spacial score (nSPS) is 10.2. The number of carbonyl (C=O) groups excluding carboxylic acids is 2. The van der Waals surface area contributed by atoms with E-state index in [9.17, 15) is 9.59 Å². The van der Waals surface area contributed by atoms with Crippen molar-refractivity contribution in [2.75, 3.05) is 10.6 Å². The molecule has 0 radical (unpaired) electrons. The van der Waals surface area contributed by atoms with E-state index in [0.29, 0.717) is 16.9 Å². The number of benzene rings is 1. The molecule has 1 aromatic heterocycles. The first kappa shape index (κ1) is 15.3. The number of hydrogen-bond donors (Lipinski definition) is 2. The highest BCUT2D eigenvalue weighted by Gasteiger charge is 2.09. The van der Waals surface area contributed by atoms with Crippen LogP contribution in [0.3, 0.4) is 0 Å². The number of anilines is 2.